The Kier molecular flexibility index (Phi) is 2.65. The van der Waals surface area contributed by atoms with Crippen LogP contribution >= 0.6 is 0 Å². The molecule has 15 heavy (non-hydrogen) atoms. The molecule has 0 amide bonds. The molecule has 0 radical (unpaired) electrons. The quantitative estimate of drug-likeness (QED) is 0.672. The van der Waals surface area contributed by atoms with Crippen molar-refractivity contribution in [2.24, 2.45) is 22.7 Å². The van der Waals surface area contributed by atoms with E-state index in [4.69, 9.17) is 4.74 Å². The highest BCUT2D eigenvalue weighted by molar-refractivity contribution is 5.05. The van der Waals surface area contributed by atoms with Crippen LogP contribution in [0.5, 0.6) is 0 Å². The Labute approximate surface area is 94.6 Å². The van der Waals surface area contributed by atoms with Crippen molar-refractivity contribution in [3.63, 3.8) is 0 Å². The maximum absolute atomic E-state index is 6.07. The van der Waals surface area contributed by atoms with Crippen molar-refractivity contribution < 1.29 is 4.74 Å². The fourth-order valence-corrected chi connectivity index (χ4v) is 4.04. The van der Waals surface area contributed by atoms with Crippen LogP contribution in [-0.4, -0.2) is 12.7 Å². The fraction of sp³-hybridized carbons (Fsp3) is 1.00. The second-order valence-corrected chi connectivity index (χ2v) is 7.10. The van der Waals surface area contributed by atoms with Gasteiger partial charge in [0, 0.05) is 0 Å². The van der Waals surface area contributed by atoms with Gasteiger partial charge < -0.3 is 4.74 Å². The molecular weight excluding hydrogens is 184 g/mol. The molecule has 0 aromatic rings. The lowest BCUT2D eigenvalue weighted by Crippen LogP contribution is -2.34. The lowest BCUT2D eigenvalue weighted by molar-refractivity contribution is 0.0392. The Morgan fingerprint density at radius 3 is 2.47 bits per heavy atom. The maximum atomic E-state index is 6.07. The van der Waals surface area contributed by atoms with Gasteiger partial charge in [0.15, 0.2) is 0 Å². The van der Waals surface area contributed by atoms with Crippen LogP contribution in [0.25, 0.3) is 0 Å². The molecule has 0 spiro atoms. The highest BCUT2D eigenvalue weighted by Crippen LogP contribution is 2.60. The summed E-state index contributed by atoms with van der Waals surface area (Å²) in [6, 6.07) is 0. The summed E-state index contributed by atoms with van der Waals surface area (Å²) in [4.78, 5) is 0. The van der Waals surface area contributed by atoms with Gasteiger partial charge in [-0.1, -0.05) is 34.6 Å². The minimum absolute atomic E-state index is 0.475. The third-order valence-electron chi connectivity index (χ3n) is 4.64. The van der Waals surface area contributed by atoms with Gasteiger partial charge >= 0.3 is 0 Å². The van der Waals surface area contributed by atoms with Gasteiger partial charge in [-0.3, -0.25) is 0 Å². The van der Waals surface area contributed by atoms with E-state index in [1.54, 1.807) is 0 Å². The number of ether oxygens (including phenoxy) is 1. The molecule has 0 aromatic carbocycles. The summed E-state index contributed by atoms with van der Waals surface area (Å²) < 4.78 is 6.07. The van der Waals surface area contributed by atoms with E-state index in [0.29, 0.717) is 16.9 Å². The largest absolute Gasteiger partial charge is 0.377 e. The lowest BCUT2D eigenvalue weighted by atomic mass is 9.69. The second kappa shape index (κ2) is 3.48. The van der Waals surface area contributed by atoms with Crippen LogP contribution in [0.3, 0.4) is 0 Å². The van der Waals surface area contributed by atoms with Crippen molar-refractivity contribution in [1.29, 1.82) is 0 Å². The molecule has 88 valence electrons. The summed E-state index contributed by atoms with van der Waals surface area (Å²) >= 11 is 0. The average Bonchev–Trinajstić information content (AvgIpc) is 2.51. The summed E-state index contributed by atoms with van der Waals surface area (Å²) in [7, 11) is 0. The van der Waals surface area contributed by atoms with Crippen molar-refractivity contribution in [2.75, 3.05) is 6.61 Å². The zero-order valence-electron chi connectivity index (χ0n) is 11.0. The van der Waals surface area contributed by atoms with Crippen LogP contribution in [0.15, 0.2) is 0 Å². The normalized spacial score (nSPS) is 43.6. The maximum Gasteiger partial charge on any atom is 0.0617 e. The first-order valence-electron chi connectivity index (χ1n) is 6.47. The van der Waals surface area contributed by atoms with Crippen molar-refractivity contribution >= 4 is 0 Å². The predicted molar refractivity (Wildman–Crippen MR) is 63.8 cm³/mol. The van der Waals surface area contributed by atoms with E-state index in [2.05, 4.69) is 34.6 Å². The van der Waals surface area contributed by atoms with Crippen LogP contribution in [0, 0.1) is 22.7 Å². The molecule has 0 bridgehead atoms. The number of hydrogen-bond acceptors (Lipinski definition) is 1. The summed E-state index contributed by atoms with van der Waals surface area (Å²) in [6.07, 6.45) is 4.50. The van der Waals surface area contributed by atoms with Crippen LogP contribution in [0.4, 0.5) is 0 Å². The van der Waals surface area contributed by atoms with Gasteiger partial charge in [0.1, 0.15) is 0 Å². The summed E-state index contributed by atoms with van der Waals surface area (Å²) in [6.45, 7) is 12.9. The molecule has 1 aliphatic carbocycles. The van der Waals surface area contributed by atoms with Crippen LogP contribution in [0.2, 0.25) is 0 Å². The van der Waals surface area contributed by atoms with Crippen molar-refractivity contribution in [1.82, 2.24) is 0 Å². The topological polar surface area (TPSA) is 9.23 Å². The molecule has 1 nitrogen and oxygen atoms in total. The molecule has 3 atom stereocenters. The molecule has 1 saturated heterocycles. The van der Waals surface area contributed by atoms with Crippen LogP contribution in [-0.2, 0) is 4.74 Å². The highest BCUT2D eigenvalue weighted by atomic mass is 16.5. The van der Waals surface area contributed by atoms with Gasteiger partial charge in [-0.15, -0.1) is 0 Å². The first-order chi connectivity index (χ1) is 6.85. The first kappa shape index (κ1) is 11.4. The Morgan fingerprint density at radius 2 is 1.87 bits per heavy atom. The smallest absolute Gasteiger partial charge is 0.0617 e. The molecule has 1 heterocycles. The summed E-state index contributed by atoms with van der Waals surface area (Å²) in [5.41, 5.74) is 0.966. The Bertz CT molecular complexity index is 244. The number of rotatable bonds is 2. The summed E-state index contributed by atoms with van der Waals surface area (Å²) in [5.74, 6) is 1.54. The highest BCUT2D eigenvalue weighted by Gasteiger charge is 2.57. The molecule has 1 heteroatoms. The molecular formula is C14H26O. The Balaban J connectivity index is 2.17. The van der Waals surface area contributed by atoms with Gasteiger partial charge in [0.2, 0.25) is 0 Å². The molecule has 0 N–H and O–H groups in total. The Hall–Kier alpha value is -0.0400. The monoisotopic (exact) mass is 210 g/mol. The van der Waals surface area contributed by atoms with Crippen LogP contribution in [0.1, 0.15) is 53.9 Å². The zero-order chi connectivity index (χ0) is 11.3. The second-order valence-electron chi connectivity index (χ2n) is 7.10. The van der Waals surface area contributed by atoms with E-state index in [1.807, 2.05) is 0 Å². The zero-order valence-corrected chi connectivity index (χ0v) is 11.0. The third-order valence-corrected chi connectivity index (χ3v) is 4.64. The molecule has 2 fully saturated rings. The lowest BCUT2D eigenvalue weighted by Gasteiger charge is -2.34. The molecule has 2 aliphatic rings. The van der Waals surface area contributed by atoms with E-state index >= 15 is 0 Å². The number of hydrogen-bond donors (Lipinski definition) is 0. The molecule has 0 aromatic heterocycles. The predicted octanol–water partition coefficient (Wildman–Crippen LogP) is 3.87. The molecule has 2 rings (SSSR count). The van der Waals surface area contributed by atoms with E-state index < -0.39 is 0 Å². The van der Waals surface area contributed by atoms with Gasteiger partial charge in [-0.25, -0.2) is 0 Å². The van der Waals surface area contributed by atoms with E-state index in [1.165, 1.54) is 19.3 Å². The van der Waals surface area contributed by atoms with Crippen molar-refractivity contribution in [2.45, 2.75) is 60.0 Å². The van der Waals surface area contributed by atoms with Crippen molar-refractivity contribution in [3.05, 3.63) is 0 Å². The average molecular weight is 210 g/mol. The van der Waals surface area contributed by atoms with Crippen molar-refractivity contribution in [3.8, 4) is 0 Å². The van der Waals surface area contributed by atoms with Gasteiger partial charge in [-0.05, 0) is 41.9 Å². The standard InChI is InChI=1S/C14H26O/c1-10(2)8-11-12-13(3,4)6-7-14(12,5)9-15-11/h10-12H,6-9H2,1-5H3. The van der Waals surface area contributed by atoms with Gasteiger partial charge in [0.05, 0.1) is 12.7 Å². The van der Waals surface area contributed by atoms with Gasteiger partial charge in [0.25, 0.3) is 0 Å². The SMILES string of the molecule is CC(C)CC1OCC2(C)CCC(C)(C)C12. The number of fused-ring (bicyclic) bond motifs is 1. The Morgan fingerprint density at radius 1 is 1.20 bits per heavy atom. The fourth-order valence-electron chi connectivity index (χ4n) is 4.04. The van der Waals surface area contributed by atoms with Gasteiger partial charge in [-0.2, -0.15) is 0 Å². The molecule has 3 unspecified atom stereocenters. The third kappa shape index (κ3) is 1.84. The molecule has 1 aliphatic heterocycles. The minimum Gasteiger partial charge on any atom is -0.377 e. The first-order valence-corrected chi connectivity index (χ1v) is 6.47. The summed E-state index contributed by atoms with van der Waals surface area (Å²) in [5, 5.41) is 0. The van der Waals surface area contributed by atoms with E-state index in [0.717, 1.165) is 18.4 Å². The molecule has 1 saturated carbocycles. The minimum atomic E-state index is 0.475. The van der Waals surface area contributed by atoms with E-state index in [9.17, 15) is 0 Å². The van der Waals surface area contributed by atoms with E-state index in [-0.39, 0.29) is 0 Å². The van der Waals surface area contributed by atoms with Crippen LogP contribution < -0.4 is 0 Å².